The molecule has 6 nitrogen and oxygen atoms in total. The standard InChI is InChI=1S/C19H24N2O4S/c1-13-6-7-18(14(2)12-13)26(23,24)20-10-8-19(22)21-16-4-3-5-17-15(16)9-11-25-17/h6-7,9,11-12,16,20H,3-5,8,10H2,1-2H3,(H,21,22). The smallest absolute Gasteiger partial charge is 0.240 e. The second kappa shape index (κ2) is 7.63. The van der Waals surface area contributed by atoms with E-state index in [1.54, 1.807) is 25.3 Å². The average molecular weight is 376 g/mol. The van der Waals surface area contributed by atoms with E-state index < -0.39 is 10.0 Å². The summed E-state index contributed by atoms with van der Waals surface area (Å²) in [7, 11) is -3.62. The minimum Gasteiger partial charge on any atom is -0.469 e. The molecular formula is C19H24N2O4S. The summed E-state index contributed by atoms with van der Waals surface area (Å²) in [6, 6.07) is 7.02. The topological polar surface area (TPSA) is 88.4 Å². The Kier molecular flexibility index (Phi) is 5.48. The van der Waals surface area contributed by atoms with E-state index in [2.05, 4.69) is 10.0 Å². The predicted octanol–water partition coefficient (Wildman–Crippen LogP) is 2.76. The highest BCUT2D eigenvalue weighted by Crippen LogP contribution is 2.30. The first-order valence-corrected chi connectivity index (χ1v) is 10.3. The maximum absolute atomic E-state index is 12.4. The fraction of sp³-hybridized carbons (Fsp3) is 0.421. The zero-order valence-electron chi connectivity index (χ0n) is 15.0. The lowest BCUT2D eigenvalue weighted by Crippen LogP contribution is -2.34. The van der Waals surface area contributed by atoms with Crippen molar-refractivity contribution < 1.29 is 17.6 Å². The van der Waals surface area contributed by atoms with Gasteiger partial charge in [-0.2, -0.15) is 0 Å². The molecule has 2 aromatic rings. The van der Waals surface area contributed by atoms with Gasteiger partial charge in [0.2, 0.25) is 15.9 Å². The van der Waals surface area contributed by atoms with Crippen LogP contribution in [0, 0.1) is 13.8 Å². The normalized spacial score (nSPS) is 16.9. The summed E-state index contributed by atoms with van der Waals surface area (Å²) >= 11 is 0. The molecule has 0 radical (unpaired) electrons. The van der Waals surface area contributed by atoms with Gasteiger partial charge in [0, 0.05) is 24.9 Å². The lowest BCUT2D eigenvalue weighted by atomic mass is 9.93. The fourth-order valence-electron chi connectivity index (χ4n) is 3.38. The van der Waals surface area contributed by atoms with Crippen LogP contribution < -0.4 is 10.0 Å². The number of hydrogen-bond acceptors (Lipinski definition) is 4. The molecule has 1 atom stereocenters. The molecule has 1 heterocycles. The number of sulfonamides is 1. The molecule has 1 aliphatic rings. The zero-order valence-corrected chi connectivity index (χ0v) is 15.9. The lowest BCUT2D eigenvalue weighted by Gasteiger charge is -2.22. The Labute approximate surface area is 154 Å². The zero-order chi connectivity index (χ0) is 18.7. The van der Waals surface area contributed by atoms with Gasteiger partial charge in [-0.1, -0.05) is 17.7 Å². The number of furan rings is 1. The Morgan fingerprint density at radius 2 is 2.08 bits per heavy atom. The maximum atomic E-state index is 12.4. The quantitative estimate of drug-likeness (QED) is 0.811. The van der Waals surface area contributed by atoms with Crippen LogP contribution >= 0.6 is 0 Å². The molecule has 7 heteroatoms. The summed E-state index contributed by atoms with van der Waals surface area (Å²) in [6.45, 7) is 3.74. The van der Waals surface area contributed by atoms with Crippen molar-refractivity contribution in [3.63, 3.8) is 0 Å². The first kappa shape index (κ1) is 18.7. The fourth-order valence-corrected chi connectivity index (χ4v) is 4.64. The third-order valence-corrected chi connectivity index (χ3v) is 6.27. The Morgan fingerprint density at radius 3 is 2.85 bits per heavy atom. The van der Waals surface area contributed by atoms with E-state index in [0.717, 1.165) is 36.1 Å². The van der Waals surface area contributed by atoms with Crippen LogP contribution in [0.1, 0.15) is 47.8 Å². The van der Waals surface area contributed by atoms with Crippen LogP contribution in [0.3, 0.4) is 0 Å². The van der Waals surface area contributed by atoms with Gasteiger partial charge in [0.05, 0.1) is 17.2 Å². The molecule has 1 amide bonds. The van der Waals surface area contributed by atoms with E-state index >= 15 is 0 Å². The monoisotopic (exact) mass is 376 g/mol. The molecule has 3 rings (SSSR count). The number of carbonyl (C=O) groups excluding carboxylic acids is 1. The van der Waals surface area contributed by atoms with E-state index in [1.165, 1.54) is 0 Å². The van der Waals surface area contributed by atoms with Crippen LogP contribution in [0.2, 0.25) is 0 Å². The molecular weight excluding hydrogens is 352 g/mol. The first-order chi connectivity index (χ1) is 12.4. The van der Waals surface area contributed by atoms with Gasteiger partial charge < -0.3 is 9.73 Å². The molecule has 0 fully saturated rings. The van der Waals surface area contributed by atoms with Crippen LogP contribution in [-0.4, -0.2) is 20.9 Å². The van der Waals surface area contributed by atoms with E-state index in [0.29, 0.717) is 5.56 Å². The Bertz CT molecular complexity index is 902. The molecule has 0 bridgehead atoms. The highest BCUT2D eigenvalue weighted by atomic mass is 32.2. The average Bonchev–Trinajstić information content (AvgIpc) is 3.04. The molecule has 2 N–H and O–H groups in total. The Morgan fingerprint density at radius 1 is 1.27 bits per heavy atom. The van der Waals surface area contributed by atoms with Gasteiger partial charge in [-0.25, -0.2) is 13.1 Å². The molecule has 1 aliphatic carbocycles. The van der Waals surface area contributed by atoms with Crippen molar-refractivity contribution in [3.8, 4) is 0 Å². The van der Waals surface area contributed by atoms with E-state index in [4.69, 9.17) is 4.42 Å². The summed E-state index contributed by atoms with van der Waals surface area (Å²) in [5.41, 5.74) is 2.73. The molecule has 0 saturated heterocycles. The van der Waals surface area contributed by atoms with Gasteiger partial charge in [-0.15, -0.1) is 0 Å². The van der Waals surface area contributed by atoms with Crippen molar-refractivity contribution in [1.29, 1.82) is 0 Å². The number of nitrogens with one attached hydrogen (secondary N) is 2. The van der Waals surface area contributed by atoms with Crippen LogP contribution in [0.25, 0.3) is 0 Å². The molecule has 26 heavy (non-hydrogen) atoms. The second-order valence-corrected chi connectivity index (χ2v) is 8.46. The van der Waals surface area contributed by atoms with Crippen molar-refractivity contribution in [2.75, 3.05) is 6.54 Å². The molecule has 1 aromatic heterocycles. The van der Waals surface area contributed by atoms with Crippen molar-refractivity contribution in [3.05, 3.63) is 53.0 Å². The summed E-state index contributed by atoms with van der Waals surface area (Å²) in [4.78, 5) is 12.4. The van der Waals surface area contributed by atoms with Crippen LogP contribution in [0.15, 0.2) is 39.8 Å². The highest BCUT2D eigenvalue weighted by molar-refractivity contribution is 7.89. The molecule has 1 unspecified atom stereocenters. The van der Waals surface area contributed by atoms with Crippen molar-refractivity contribution in [1.82, 2.24) is 10.0 Å². The Hall–Kier alpha value is -2.12. The second-order valence-electron chi connectivity index (χ2n) is 6.73. The van der Waals surface area contributed by atoms with Gasteiger partial charge in [0.25, 0.3) is 0 Å². The summed E-state index contributed by atoms with van der Waals surface area (Å²) in [5, 5.41) is 2.97. The predicted molar refractivity (Wildman–Crippen MR) is 98.3 cm³/mol. The van der Waals surface area contributed by atoms with Crippen LogP contribution in [0.5, 0.6) is 0 Å². The number of benzene rings is 1. The van der Waals surface area contributed by atoms with Gasteiger partial charge in [0.15, 0.2) is 0 Å². The van der Waals surface area contributed by atoms with E-state index in [9.17, 15) is 13.2 Å². The van der Waals surface area contributed by atoms with Gasteiger partial charge >= 0.3 is 0 Å². The molecule has 1 aromatic carbocycles. The number of amides is 1. The summed E-state index contributed by atoms with van der Waals surface area (Å²) in [6.07, 6.45) is 4.46. The van der Waals surface area contributed by atoms with Gasteiger partial charge in [-0.3, -0.25) is 4.79 Å². The Balaban J connectivity index is 1.54. The van der Waals surface area contributed by atoms with E-state index in [-0.39, 0.29) is 29.8 Å². The summed E-state index contributed by atoms with van der Waals surface area (Å²) in [5.74, 6) is 0.754. The van der Waals surface area contributed by atoms with Crippen molar-refractivity contribution in [2.45, 2.75) is 50.5 Å². The lowest BCUT2D eigenvalue weighted by molar-refractivity contribution is -0.121. The number of hydrogen-bond donors (Lipinski definition) is 2. The summed E-state index contributed by atoms with van der Waals surface area (Å²) < 4.78 is 32.7. The van der Waals surface area contributed by atoms with E-state index in [1.807, 2.05) is 19.1 Å². The minimum absolute atomic E-state index is 0.0547. The number of fused-ring (bicyclic) bond motifs is 1. The number of carbonyl (C=O) groups is 1. The van der Waals surface area contributed by atoms with Crippen LogP contribution in [0.4, 0.5) is 0 Å². The number of rotatable bonds is 6. The first-order valence-electron chi connectivity index (χ1n) is 8.79. The largest absolute Gasteiger partial charge is 0.469 e. The highest BCUT2D eigenvalue weighted by Gasteiger charge is 2.24. The number of aryl methyl sites for hydroxylation is 3. The maximum Gasteiger partial charge on any atom is 0.240 e. The van der Waals surface area contributed by atoms with Crippen molar-refractivity contribution in [2.24, 2.45) is 0 Å². The molecule has 0 aliphatic heterocycles. The third-order valence-electron chi connectivity index (χ3n) is 4.65. The van der Waals surface area contributed by atoms with Crippen LogP contribution in [-0.2, 0) is 21.2 Å². The van der Waals surface area contributed by atoms with Gasteiger partial charge in [0.1, 0.15) is 5.76 Å². The minimum atomic E-state index is -3.62. The van der Waals surface area contributed by atoms with Gasteiger partial charge in [-0.05, 0) is 44.4 Å². The third kappa shape index (κ3) is 4.16. The molecule has 0 spiro atoms. The van der Waals surface area contributed by atoms with Crippen molar-refractivity contribution >= 4 is 15.9 Å². The molecule has 0 saturated carbocycles. The molecule has 140 valence electrons. The SMILES string of the molecule is Cc1ccc(S(=O)(=O)NCCC(=O)NC2CCCc3occc32)c(C)c1.